The zero-order valence-electron chi connectivity index (χ0n) is 24.0. The number of hydrogen-bond acceptors (Lipinski definition) is 13. The third-order valence-electron chi connectivity index (χ3n) is 6.70. The topological polar surface area (TPSA) is 175 Å². The van der Waals surface area contributed by atoms with Gasteiger partial charge in [-0.05, 0) is 54.6 Å². The average Bonchev–Trinajstić information content (AvgIpc) is 3.43. The van der Waals surface area contributed by atoms with E-state index in [2.05, 4.69) is 26.5 Å². The highest BCUT2D eigenvalue weighted by Gasteiger charge is 2.35. The number of sulfone groups is 1. The van der Waals surface area contributed by atoms with Gasteiger partial charge >= 0.3 is 22.5 Å². The Morgan fingerprint density at radius 3 is 2.60 bits per heavy atom. The van der Waals surface area contributed by atoms with Crippen molar-refractivity contribution in [1.29, 1.82) is 0 Å². The maximum Gasteiger partial charge on any atom is 0.415 e. The molecule has 0 aliphatic carbocycles. The highest BCUT2D eigenvalue weighted by molar-refractivity contribution is 7.91. The number of benzene rings is 2. The van der Waals surface area contributed by atoms with Crippen LogP contribution in [0.3, 0.4) is 0 Å². The average molecular weight is 640 g/mol. The van der Waals surface area contributed by atoms with E-state index in [9.17, 15) is 23.2 Å². The Morgan fingerprint density at radius 1 is 1.02 bits per heavy atom. The Kier molecular flexibility index (Phi) is 10.3. The molecule has 1 saturated heterocycles. The lowest BCUT2D eigenvalue weighted by atomic mass is 10.2. The lowest BCUT2D eigenvalue weighted by Crippen LogP contribution is -2.36. The Balaban J connectivity index is 1.10. The highest BCUT2D eigenvalue weighted by atomic mass is 32.2. The number of nitrogens with zero attached hydrogens (tertiary/aromatic N) is 3. The molecule has 0 bridgehead atoms. The van der Waals surface area contributed by atoms with Crippen molar-refractivity contribution in [2.24, 2.45) is 0 Å². The summed E-state index contributed by atoms with van der Waals surface area (Å²) in [6, 6.07) is 13.6. The molecule has 0 N–H and O–H groups in total. The van der Waals surface area contributed by atoms with Gasteiger partial charge in [-0.25, -0.2) is 18.0 Å². The highest BCUT2D eigenvalue weighted by Crippen LogP contribution is 2.25. The van der Waals surface area contributed by atoms with Gasteiger partial charge in [0.05, 0.1) is 29.9 Å². The first-order chi connectivity index (χ1) is 21.8. The van der Waals surface area contributed by atoms with Gasteiger partial charge in [0.25, 0.3) is 9.84 Å². The van der Waals surface area contributed by atoms with E-state index in [0.29, 0.717) is 17.7 Å². The van der Waals surface area contributed by atoms with Crippen molar-refractivity contribution in [3.8, 4) is 23.5 Å². The van der Waals surface area contributed by atoms with Gasteiger partial charge in [-0.1, -0.05) is 30.0 Å². The molecule has 14 nitrogen and oxygen atoms in total. The van der Waals surface area contributed by atoms with E-state index in [-0.39, 0.29) is 20.9 Å². The van der Waals surface area contributed by atoms with Crippen LogP contribution >= 0.6 is 0 Å². The Labute approximate surface area is 257 Å². The third kappa shape index (κ3) is 7.98. The summed E-state index contributed by atoms with van der Waals surface area (Å²) in [6.45, 7) is 4.13. The second-order valence-electron chi connectivity index (χ2n) is 9.73. The van der Waals surface area contributed by atoms with Crippen molar-refractivity contribution in [3.63, 3.8) is 0 Å². The normalized spacial score (nSPS) is 13.6. The number of aromatic nitrogens is 2. The van der Waals surface area contributed by atoms with Crippen LogP contribution in [0.4, 0.5) is 0 Å². The first kappa shape index (κ1) is 31.5. The summed E-state index contributed by atoms with van der Waals surface area (Å²) < 4.78 is 56.7. The van der Waals surface area contributed by atoms with Gasteiger partial charge in [0.15, 0.2) is 13.2 Å². The molecular formula is C30H29N3O11S. The predicted octanol–water partition coefficient (Wildman–Crippen LogP) is 1.98. The van der Waals surface area contributed by atoms with Crippen LogP contribution in [0.2, 0.25) is 0 Å². The minimum atomic E-state index is -4.28. The molecule has 5 rings (SSSR count). The smallest absolute Gasteiger partial charge is 0.415 e. The molecule has 1 aliphatic heterocycles. The van der Waals surface area contributed by atoms with Crippen LogP contribution in [0, 0.1) is 17.0 Å². The first-order valence-electron chi connectivity index (χ1n) is 14.0. The quantitative estimate of drug-likeness (QED) is 0.0724. The molecule has 1 fully saturated rings. The van der Waals surface area contributed by atoms with Crippen molar-refractivity contribution in [2.75, 3.05) is 52.7 Å². The van der Waals surface area contributed by atoms with E-state index in [1.165, 1.54) is 30.3 Å². The van der Waals surface area contributed by atoms with Gasteiger partial charge in [-0.15, -0.1) is 0 Å². The standard InChI is InChI=1S/C30H29N3O11S/c34-29(42-17-7-6-16-41-27-28(33(36)44-31-27)45(37,38)24-8-2-1-3-9-24)25-20-22-10-11-23(21-26(22)43-30(25)35)40-15-5-4-12-32-13-18-39-19-14-32/h1-3,8-11,20-21H,4-5,12-19H2. The van der Waals surface area contributed by atoms with Gasteiger partial charge in [0, 0.05) is 24.5 Å². The largest absolute Gasteiger partial charge is 0.493 e. The minimum Gasteiger partial charge on any atom is -0.493 e. The molecule has 15 heteroatoms. The van der Waals surface area contributed by atoms with Gasteiger partial charge in [0.2, 0.25) is 0 Å². The van der Waals surface area contributed by atoms with E-state index in [0.717, 1.165) is 45.7 Å². The van der Waals surface area contributed by atoms with Gasteiger partial charge in [-0.3, -0.25) is 9.53 Å². The van der Waals surface area contributed by atoms with Gasteiger partial charge in [-0.2, -0.15) is 0 Å². The second-order valence-corrected chi connectivity index (χ2v) is 11.6. The van der Waals surface area contributed by atoms with E-state index in [1.54, 1.807) is 24.3 Å². The molecule has 45 heavy (non-hydrogen) atoms. The number of carbonyl (C=O) groups excluding carboxylic acids is 1. The zero-order valence-corrected chi connectivity index (χ0v) is 24.8. The lowest BCUT2D eigenvalue weighted by molar-refractivity contribution is -0.832. The molecule has 0 radical (unpaired) electrons. The molecule has 2 aromatic carbocycles. The molecular weight excluding hydrogens is 610 g/mol. The number of rotatable bonds is 12. The third-order valence-corrected chi connectivity index (χ3v) is 8.43. The molecule has 0 unspecified atom stereocenters. The summed E-state index contributed by atoms with van der Waals surface area (Å²) in [6.07, 6.45) is 1.87. The van der Waals surface area contributed by atoms with Gasteiger partial charge < -0.3 is 28.6 Å². The van der Waals surface area contributed by atoms with Crippen molar-refractivity contribution < 1.29 is 46.1 Å². The number of hydrogen-bond donors (Lipinski definition) is 0. The number of esters is 1. The molecule has 3 heterocycles. The number of carbonyl (C=O) groups is 1. The molecule has 2 aromatic heterocycles. The fraction of sp³-hybridized carbons (Fsp3) is 0.333. The van der Waals surface area contributed by atoms with Crippen LogP contribution in [0.1, 0.15) is 23.2 Å². The maximum atomic E-state index is 12.8. The molecule has 0 saturated carbocycles. The SMILES string of the molecule is O=C(OCC#CCOc1no[n+]([O-])c1S(=O)(=O)c1ccccc1)c1cc2ccc(OCCCCN3CCOCC3)cc2oc1=O. The maximum absolute atomic E-state index is 12.8. The number of fused-ring (bicyclic) bond motifs is 1. The van der Waals surface area contributed by atoms with E-state index < -0.39 is 45.6 Å². The molecule has 1 aliphatic rings. The van der Waals surface area contributed by atoms with Crippen LogP contribution in [0.25, 0.3) is 11.0 Å². The minimum absolute atomic E-state index is 0.154. The van der Waals surface area contributed by atoms with E-state index >= 15 is 0 Å². The summed E-state index contributed by atoms with van der Waals surface area (Å²) in [5, 5.41) is 14.9. The Hall–Kier alpha value is -4.91. The molecule has 4 aromatic rings. The number of morpholine rings is 1. The van der Waals surface area contributed by atoms with Gasteiger partial charge in [0.1, 0.15) is 16.9 Å². The molecule has 236 valence electrons. The van der Waals surface area contributed by atoms with Crippen molar-refractivity contribution in [2.45, 2.75) is 22.8 Å². The Bertz CT molecular complexity index is 1850. The summed E-state index contributed by atoms with van der Waals surface area (Å²) in [4.78, 5) is 26.9. The van der Waals surface area contributed by atoms with Crippen molar-refractivity contribution in [1.82, 2.24) is 10.1 Å². The van der Waals surface area contributed by atoms with Crippen LogP contribution in [0.5, 0.6) is 11.6 Å². The van der Waals surface area contributed by atoms with Crippen molar-refractivity contribution >= 4 is 26.8 Å². The summed E-state index contributed by atoms with van der Waals surface area (Å²) in [5.74, 6) is 4.02. The predicted molar refractivity (Wildman–Crippen MR) is 155 cm³/mol. The van der Waals surface area contributed by atoms with E-state index in [4.69, 9.17) is 23.4 Å². The van der Waals surface area contributed by atoms with Crippen molar-refractivity contribution in [3.05, 3.63) is 75.8 Å². The Morgan fingerprint density at radius 2 is 1.80 bits per heavy atom. The van der Waals surface area contributed by atoms with E-state index in [1.807, 2.05) is 0 Å². The van der Waals surface area contributed by atoms with Crippen LogP contribution in [-0.4, -0.2) is 77.1 Å². The number of ether oxygens (including phenoxy) is 4. The lowest BCUT2D eigenvalue weighted by Gasteiger charge is -2.26. The van der Waals surface area contributed by atoms with Crippen LogP contribution in [0.15, 0.2) is 78.4 Å². The summed E-state index contributed by atoms with van der Waals surface area (Å²) in [5.41, 5.74) is -0.925. The van der Waals surface area contributed by atoms with Crippen LogP contribution < -0.4 is 20.0 Å². The summed E-state index contributed by atoms with van der Waals surface area (Å²) in [7, 11) is -4.28. The monoisotopic (exact) mass is 639 g/mol. The zero-order chi connectivity index (χ0) is 31.6. The van der Waals surface area contributed by atoms with Crippen LogP contribution in [-0.2, 0) is 19.3 Å². The number of unbranched alkanes of at least 4 members (excludes halogenated alkanes) is 1. The first-order valence-corrected chi connectivity index (χ1v) is 15.5. The molecule has 0 amide bonds. The second kappa shape index (κ2) is 14.7. The fourth-order valence-corrected chi connectivity index (χ4v) is 5.70. The summed E-state index contributed by atoms with van der Waals surface area (Å²) >= 11 is 0. The fourth-order valence-electron chi connectivity index (χ4n) is 4.40. The molecule has 0 atom stereocenters. The molecule has 0 spiro atoms.